The fraction of sp³-hybridized carbons (Fsp3) is 0.688. The monoisotopic (exact) mass is 1390 g/mol. The zero-order valence-electron chi connectivity index (χ0n) is 59.8. The molecule has 5 unspecified atom stereocenters. The Balaban J connectivity index is 5.43. The Hall–Kier alpha value is -4.54. The van der Waals surface area contributed by atoms with E-state index < -0.39 is 97.5 Å². The van der Waals surface area contributed by atoms with Crippen molar-refractivity contribution in [1.82, 2.24) is 0 Å². The highest BCUT2D eigenvalue weighted by Crippen LogP contribution is 2.45. The number of esters is 4. The number of phosphoric acid groups is 2. The van der Waals surface area contributed by atoms with E-state index in [-0.39, 0.29) is 25.7 Å². The van der Waals surface area contributed by atoms with Crippen LogP contribution >= 0.6 is 15.6 Å². The molecule has 0 bridgehead atoms. The molecule has 0 spiro atoms. The molecule has 0 aliphatic heterocycles. The first-order valence-electron chi connectivity index (χ1n) is 36.8. The van der Waals surface area contributed by atoms with E-state index in [9.17, 15) is 43.2 Å². The van der Waals surface area contributed by atoms with Crippen LogP contribution in [0.25, 0.3) is 0 Å². The average molecular weight is 1390 g/mol. The van der Waals surface area contributed by atoms with E-state index in [0.29, 0.717) is 25.7 Å². The first kappa shape index (κ1) is 91.5. The van der Waals surface area contributed by atoms with Crippen molar-refractivity contribution >= 4 is 39.5 Å². The molecule has 0 saturated carbocycles. The van der Waals surface area contributed by atoms with Crippen LogP contribution in [-0.4, -0.2) is 96.7 Å². The van der Waals surface area contributed by atoms with Gasteiger partial charge in [-0.3, -0.25) is 37.3 Å². The minimum absolute atomic E-state index is 0.0632. The summed E-state index contributed by atoms with van der Waals surface area (Å²) < 4.78 is 68.2. The maximum atomic E-state index is 13.0. The van der Waals surface area contributed by atoms with Gasteiger partial charge in [-0.05, 0) is 135 Å². The van der Waals surface area contributed by atoms with E-state index >= 15 is 0 Å². The summed E-state index contributed by atoms with van der Waals surface area (Å²) in [6, 6.07) is 0. The lowest BCUT2D eigenvalue weighted by Crippen LogP contribution is -2.30. The van der Waals surface area contributed by atoms with Crippen LogP contribution in [-0.2, 0) is 65.4 Å². The van der Waals surface area contributed by atoms with Gasteiger partial charge in [0.25, 0.3) is 0 Å². The number of unbranched alkanes of at least 4 members (excludes halogenated alkanes) is 23. The van der Waals surface area contributed by atoms with E-state index in [1.165, 1.54) is 51.4 Å². The summed E-state index contributed by atoms with van der Waals surface area (Å²) in [4.78, 5) is 72.6. The van der Waals surface area contributed by atoms with Gasteiger partial charge in [0.15, 0.2) is 12.2 Å². The van der Waals surface area contributed by atoms with Crippen LogP contribution in [0.2, 0.25) is 0 Å². The predicted octanol–water partition coefficient (Wildman–Crippen LogP) is 20.8. The van der Waals surface area contributed by atoms with Crippen LogP contribution < -0.4 is 0 Å². The fourth-order valence-electron chi connectivity index (χ4n) is 9.35. The summed E-state index contributed by atoms with van der Waals surface area (Å²) in [6.07, 6.45) is 73.7. The summed E-state index contributed by atoms with van der Waals surface area (Å²) in [5.74, 6) is -2.36. The first-order chi connectivity index (χ1) is 46.7. The van der Waals surface area contributed by atoms with Gasteiger partial charge in [-0.15, -0.1) is 0 Å². The molecule has 0 aliphatic rings. The molecule has 0 aromatic carbocycles. The third-order valence-corrected chi connectivity index (χ3v) is 16.8. The highest BCUT2D eigenvalue weighted by atomic mass is 31.2. The van der Waals surface area contributed by atoms with Gasteiger partial charge in [0.2, 0.25) is 0 Å². The van der Waals surface area contributed by atoms with Crippen LogP contribution in [0.1, 0.15) is 285 Å². The van der Waals surface area contributed by atoms with Gasteiger partial charge in [-0.2, -0.15) is 0 Å². The van der Waals surface area contributed by atoms with Crippen molar-refractivity contribution in [2.45, 2.75) is 303 Å². The largest absolute Gasteiger partial charge is 0.472 e. The molecule has 17 nitrogen and oxygen atoms in total. The van der Waals surface area contributed by atoms with Gasteiger partial charge in [0.05, 0.1) is 32.8 Å². The number of phosphoric ester groups is 2. The smallest absolute Gasteiger partial charge is 0.462 e. The Morgan fingerprint density at radius 1 is 0.312 bits per heavy atom. The quantitative estimate of drug-likeness (QED) is 0.0169. The van der Waals surface area contributed by atoms with Crippen LogP contribution in [0.3, 0.4) is 0 Å². The average Bonchev–Trinajstić information content (AvgIpc) is 1.14. The second-order valence-electron chi connectivity index (χ2n) is 24.1. The third kappa shape index (κ3) is 68.0. The predicted molar refractivity (Wildman–Crippen MR) is 390 cm³/mol. The summed E-state index contributed by atoms with van der Waals surface area (Å²) >= 11 is 0. The molecule has 19 heteroatoms. The number of hydrogen-bond acceptors (Lipinski definition) is 15. The molecule has 550 valence electrons. The molecule has 3 N–H and O–H groups in total. The lowest BCUT2D eigenvalue weighted by Gasteiger charge is -2.21. The molecule has 0 amide bonds. The van der Waals surface area contributed by atoms with Crippen molar-refractivity contribution in [2.75, 3.05) is 39.6 Å². The van der Waals surface area contributed by atoms with Gasteiger partial charge in [-0.1, -0.05) is 246 Å². The molecular weight excluding hydrogens is 1260 g/mol. The Bertz CT molecular complexity index is 2300. The minimum Gasteiger partial charge on any atom is -0.462 e. The van der Waals surface area contributed by atoms with Crippen molar-refractivity contribution in [3.8, 4) is 0 Å². The van der Waals surface area contributed by atoms with Crippen molar-refractivity contribution in [2.24, 2.45) is 0 Å². The molecular formula is C77H130O17P2. The van der Waals surface area contributed by atoms with Crippen molar-refractivity contribution in [1.29, 1.82) is 0 Å². The van der Waals surface area contributed by atoms with E-state index in [4.69, 9.17) is 37.0 Å². The summed E-state index contributed by atoms with van der Waals surface area (Å²) in [5, 5.41) is 10.6. The summed E-state index contributed by atoms with van der Waals surface area (Å²) in [5.41, 5.74) is 0. The SMILES string of the molecule is CC/C=C\C/C=C\C/C=C\C/C=C\C/C=C\CC(=O)OCC(COP(=O)(O)OCC(O)COP(=O)(O)OCC(COC(=O)CCCCCCC/C=C\C/C=C\C/C=C\CC)OC(=O)CCCCCCC/C=C\CCCCCC)OC(=O)CCCCCCC/C=C\CCCCCC. The molecule has 0 aromatic rings. The molecule has 0 aromatic heterocycles. The molecule has 0 saturated heterocycles. The number of ether oxygens (including phenoxy) is 4. The number of aliphatic hydroxyl groups excluding tert-OH is 1. The van der Waals surface area contributed by atoms with E-state index in [2.05, 4.69) is 125 Å². The second-order valence-corrected chi connectivity index (χ2v) is 27.0. The fourth-order valence-corrected chi connectivity index (χ4v) is 10.9. The summed E-state index contributed by atoms with van der Waals surface area (Å²) in [6.45, 7) is 4.45. The van der Waals surface area contributed by atoms with Crippen molar-refractivity contribution in [3.63, 3.8) is 0 Å². The highest BCUT2D eigenvalue weighted by Gasteiger charge is 2.30. The van der Waals surface area contributed by atoms with E-state index in [1.54, 1.807) is 6.08 Å². The van der Waals surface area contributed by atoms with Gasteiger partial charge in [0.1, 0.15) is 19.3 Å². The molecule has 0 heterocycles. The maximum Gasteiger partial charge on any atom is 0.472 e. The lowest BCUT2D eigenvalue weighted by atomic mass is 10.1. The highest BCUT2D eigenvalue weighted by molar-refractivity contribution is 7.47. The minimum atomic E-state index is -4.99. The standard InChI is InChI=1S/C77H130O17P2/c1-5-9-13-17-21-25-29-33-35-39-41-45-49-53-57-61-74(79)87-67-72(93-76(81)63-59-55-51-47-43-37-31-27-23-19-15-11-7-3)69-91-95(83,84)89-65-71(78)66-90-96(85,86)92-70-73(94-77(82)64-60-56-52-48-44-38-32-28-24-20-16-12-8-4)68-88-75(80)62-58-54-50-46-42-40-36-34-30-26-22-18-14-10-6-2/h9-10,13-14,21-22,25-28,31-36,41,45,53,57,71-73,78H,5-8,11-12,15-20,23-24,29-30,37-40,42-44,46-52,54-56,58-70H2,1-4H3,(H,83,84)(H,85,86)/b13-9-,14-10-,25-21-,26-22-,31-27-,32-28-,35-33-,36-34-,45-41-,57-53-. The number of aliphatic hydroxyl groups is 1. The lowest BCUT2D eigenvalue weighted by molar-refractivity contribution is -0.161. The van der Waals surface area contributed by atoms with Crippen LogP contribution in [0.15, 0.2) is 122 Å². The third-order valence-electron chi connectivity index (χ3n) is 14.9. The van der Waals surface area contributed by atoms with Crippen LogP contribution in [0, 0.1) is 0 Å². The van der Waals surface area contributed by atoms with Gasteiger partial charge < -0.3 is 33.8 Å². The molecule has 5 atom stereocenters. The van der Waals surface area contributed by atoms with Crippen molar-refractivity contribution in [3.05, 3.63) is 122 Å². The Morgan fingerprint density at radius 3 is 0.938 bits per heavy atom. The topological polar surface area (TPSA) is 237 Å². The Labute approximate surface area is 581 Å². The van der Waals surface area contributed by atoms with E-state index in [0.717, 1.165) is 154 Å². The Morgan fingerprint density at radius 2 is 0.583 bits per heavy atom. The zero-order valence-corrected chi connectivity index (χ0v) is 61.5. The zero-order chi connectivity index (χ0) is 70.4. The summed E-state index contributed by atoms with van der Waals surface area (Å²) in [7, 11) is -9.98. The number of carbonyl (C=O) groups excluding carboxylic acids is 4. The number of carbonyl (C=O) groups is 4. The van der Waals surface area contributed by atoms with Gasteiger partial charge in [-0.25, -0.2) is 9.13 Å². The Kier molecular flexibility index (Phi) is 65.7. The number of hydrogen-bond donors (Lipinski definition) is 3. The molecule has 0 aliphatic carbocycles. The van der Waals surface area contributed by atoms with Crippen LogP contribution in [0.5, 0.6) is 0 Å². The maximum absolute atomic E-state index is 13.0. The van der Waals surface area contributed by atoms with Gasteiger partial charge >= 0.3 is 39.5 Å². The number of rotatable bonds is 68. The first-order valence-corrected chi connectivity index (χ1v) is 39.8. The van der Waals surface area contributed by atoms with E-state index in [1.807, 2.05) is 18.2 Å². The molecule has 0 fully saturated rings. The second kappa shape index (κ2) is 69.0. The van der Waals surface area contributed by atoms with Crippen molar-refractivity contribution < 1.29 is 80.2 Å². The van der Waals surface area contributed by atoms with Crippen LogP contribution in [0.4, 0.5) is 0 Å². The van der Waals surface area contributed by atoms with Gasteiger partial charge in [0, 0.05) is 19.3 Å². The normalized spacial score (nSPS) is 14.7. The molecule has 96 heavy (non-hydrogen) atoms. The molecule has 0 radical (unpaired) electrons. The molecule has 0 rings (SSSR count). The number of allylic oxidation sites excluding steroid dienone is 19.